The number of primary amides is 1. The highest BCUT2D eigenvalue weighted by molar-refractivity contribution is 5.94. The summed E-state index contributed by atoms with van der Waals surface area (Å²) in [6.07, 6.45) is 2.66. The molecule has 0 aliphatic rings. The molecule has 0 atom stereocenters. The summed E-state index contributed by atoms with van der Waals surface area (Å²) in [6, 6.07) is 5.75. The van der Waals surface area contributed by atoms with Gasteiger partial charge in [0.2, 0.25) is 11.8 Å². The zero-order valence-corrected chi connectivity index (χ0v) is 15.0. The summed E-state index contributed by atoms with van der Waals surface area (Å²) in [7, 11) is 0. The number of rotatable bonds is 8. The van der Waals surface area contributed by atoms with Crippen LogP contribution in [0.2, 0.25) is 0 Å². The Morgan fingerprint density at radius 1 is 0.893 bits per heavy atom. The largest absolute Gasteiger partial charge is 0.366 e. The number of carbonyl (C=O) groups is 2. The second kappa shape index (κ2) is 8.62. The number of amides is 2. The third kappa shape index (κ3) is 4.23. The van der Waals surface area contributed by atoms with E-state index in [1.165, 1.54) is 36.4 Å². The van der Waals surface area contributed by atoms with Crippen LogP contribution in [0.5, 0.6) is 0 Å². The molecule has 0 fully saturated rings. The van der Waals surface area contributed by atoms with Crippen LogP contribution in [0.25, 0.3) is 0 Å². The molecule has 146 valence electrons. The van der Waals surface area contributed by atoms with Crippen molar-refractivity contribution < 1.29 is 9.59 Å². The lowest BCUT2D eigenvalue weighted by atomic mass is 10.2. The van der Waals surface area contributed by atoms with Gasteiger partial charge in [-0.3, -0.25) is 9.59 Å². The Hall–Kier alpha value is -3.95. The molecule has 10 nitrogen and oxygen atoms in total. The highest BCUT2D eigenvalue weighted by Gasteiger charge is 2.16. The van der Waals surface area contributed by atoms with Gasteiger partial charge in [0.1, 0.15) is 6.54 Å². The summed E-state index contributed by atoms with van der Waals surface area (Å²) in [5, 5.41) is 2.50. The fourth-order valence-corrected chi connectivity index (χ4v) is 2.45. The van der Waals surface area contributed by atoms with Crippen molar-refractivity contribution in [1.82, 2.24) is 13.7 Å². The molecule has 0 aliphatic heterocycles. The van der Waals surface area contributed by atoms with E-state index in [1.54, 1.807) is 0 Å². The van der Waals surface area contributed by atoms with Gasteiger partial charge in [-0.1, -0.05) is 12.2 Å². The third-order valence-electron chi connectivity index (χ3n) is 3.76. The van der Waals surface area contributed by atoms with Crippen molar-refractivity contribution in [3.63, 3.8) is 0 Å². The molecular weight excluding hydrogens is 366 g/mol. The van der Waals surface area contributed by atoms with Gasteiger partial charge in [0, 0.05) is 11.3 Å². The van der Waals surface area contributed by atoms with Gasteiger partial charge in [-0.25, -0.2) is 28.1 Å². The number of carbonyl (C=O) groups excluding carboxylic acids is 2. The van der Waals surface area contributed by atoms with Crippen molar-refractivity contribution in [2.24, 2.45) is 5.73 Å². The van der Waals surface area contributed by atoms with Crippen molar-refractivity contribution in [2.75, 3.05) is 5.32 Å². The number of nitrogens with two attached hydrogens (primary N) is 1. The lowest BCUT2D eigenvalue weighted by Gasteiger charge is -2.12. The summed E-state index contributed by atoms with van der Waals surface area (Å²) in [6.45, 7) is 6.10. The summed E-state index contributed by atoms with van der Waals surface area (Å²) in [5.41, 5.74) is 3.10. The first-order chi connectivity index (χ1) is 13.3. The molecule has 2 aromatic rings. The summed E-state index contributed by atoms with van der Waals surface area (Å²) in [5.74, 6) is -1.28. The maximum atomic E-state index is 12.5. The van der Waals surface area contributed by atoms with Gasteiger partial charge in [0.05, 0.1) is 13.1 Å². The Balaban J connectivity index is 2.37. The van der Waals surface area contributed by atoms with E-state index < -0.39 is 35.4 Å². The van der Waals surface area contributed by atoms with Crippen LogP contribution in [0.1, 0.15) is 10.4 Å². The molecule has 3 N–H and O–H groups in total. The van der Waals surface area contributed by atoms with Gasteiger partial charge in [0.15, 0.2) is 0 Å². The molecule has 1 aromatic heterocycles. The highest BCUT2D eigenvalue weighted by Crippen LogP contribution is 2.09. The minimum Gasteiger partial charge on any atom is -0.366 e. The Morgan fingerprint density at radius 2 is 1.36 bits per heavy atom. The molecule has 1 heterocycles. The number of hydrogen-bond donors (Lipinski definition) is 2. The van der Waals surface area contributed by atoms with Crippen LogP contribution in [0, 0.1) is 0 Å². The van der Waals surface area contributed by atoms with E-state index in [1.807, 2.05) is 0 Å². The summed E-state index contributed by atoms with van der Waals surface area (Å²) < 4.78 is 2.25. The van der Waals surface area contributed by atoms with Gasteiger partial charge in [-0.05, 0) is 24.3 Å². The lowest BCUT2D eigenvalue weighted by molar-refractivity contribution is -0.116. The fraction of sp³-hybridized carbons (Fsp3) is 0.167. The number of hydrogen-bond acceptors (Lipinski definition) is 5. The Kier molecular flexibility index (Phi) is 6.27. The minimum absolute atomic E-state index is 0.120. The molecule has 0 saturated heterocycles. The van der Waals surface area contributed by atoms with E-state index in [0.29, 0.717) is 10.3 Å². The Labute approximate surface area is 158 Å². The van der Waals surface area contributed by atoms with Crippen LogP contribution in [-0.4, -0.2) is 25.5 Å². The number of nitrogens with one attached hydrogen (secondary N) is 1. The smallest absolute Gasteiger partial charge is 0.337 e. The van der Waals surface area contributed by atoms with Crippen LogP contribution in [-0.2, 0) is 24.4 Å². The third-order valence-corrected chi connectivity index (χ3v) is 3.76. The van der Waals surface area contributed by atoms with Crippen LogP contribution in [0.15, 0.2) is 64.0 Å². The zero-order chi connectivity index (χ0) is 20.8. The van der Waals surface area contributed by atoms with Crippen molar-refractivity contribution in [2.45, 2.75) is 19.6 Å². The van der Waals surface area contributed by atoms with Gasteiger partial charge in [-0.15, -0.1) is 13.2 Å². The summed E-state index contributed by atoms with van der Waals surface area (Å²) >= 11 is 0. The average molecular weight is 385 g/mol. The number of aromatic nitrogens is 3. The first-order valence-electron chi connectivity index (χ1n) is 8.16. The van der Waals surface area contributed by atoms with E-state index >= 15 is 0 Å². The monoisotopic (exact) mass is 385 g/mol. The first-order valence-corrected chi connectivity index (χ1v) is 8.16. The van der Waals surface area contributed by atoms with Gasteiger partial charge >= 0.3 is 17.1 Å². The predicted molar refractivity (Wildman–Crippen MR) is 103 cm³/mol. The Bertz CT molecular complexity index is 1060. The maximum Gasteiger partial charge on any atom is 0.337 e. The number of benzene rings is 1. The number of nitrogens with zero attached hydrogens (tertiary/aromatic N) is 3. The van der Waals surface area contributed by atoms with Crippen LogP contribution >= 0.6 is 0 Å². The molecule has 0 radical (unpaired) electrons. The molecular formula is C18H19N5O5. The Morgan fingerprint density at radius 3 is 1.79 bits per heavy atom. The molecule has 0 spiro atoms. The van der Waals surface area contributed by atoms with E-state index in [4.69, 9.17) is 5.73 Å². The molecule has 28 heavy (non-hydrogen) atoms. The van der Waals surface area contributed by atoms with Gasteiger partial charge in [0.25, 0.3) is 0 Å². The van der Waals surface area contributed by atoms with Crippen LogP contribution < -0.4 is 28.1 Å². The van der Waals surface area contributed by atoms with Gasteiger partial charge < -0.3 is 11.1 Å². The van der Waals surface area contributed by atoms with Gasteiger partial charge in [-0.2, -0.15) is 0 Å². The minimum atomic E-state index is -0.922. The SMILES string of the molecule is C=CCn1c(=O)n(CC=C)c(=O)n(CC(=O)Nc2ccc(C(N)=O)cc2)c1=O. The first kappa shape index (κ1) is 20.4. The quantitative estimate of drug-likeness (QED) is 0.578. The van der Waals surface area contributed by atoms with Crippen molar-refractivity contribution in [3.8, 4) is 0 Å². The molecule has 10 heteroatoms. The topological polar surface area (TPSA) is 138 Å². The van der Waals surface area contributed by atoms with Crippen LogP contribution in [0.4, 0.5) is 5.69 Å². The zero-order valence-electron chi connectivity index (χ0n) is 15.0. The van der Waals surface area contributed by atoms with E-state index in [0.717, 1.165) is 9.13 Å². The molecule has 0 saturated carbocycles. The summed E-state index contributed by atoms with van der Waals surface area (Å²) in [4.78, 5) is 60.6. The van der Waals surface area contributed by atoms with E-state index in [9.17, 15) is 24.0 Å². The molecule has 0 bridgehead atoms. The van der Waals surface area contributed by atoms with Crippen molar-refractivity contribution in [1.29, 1.82) is 0 Å². The molecule has 0 unspecified atom stereocenters. The lowest BCUT2D eigenvalue weighted by Crippen LogP contribution is -2.55. The number of anilines is 1. The highest BCUT2D eigenvalue weighted by atomic mass is 16.2. The maximum absolute atomic E-state index is 12.5. The normalized spacial score (nSPS) is 10.3. The standard InChI is InChI=1S/C18H19N5O5/c1-3-9-21-16(26)22(10-4-2)18(28)23(17(21)27)11-14(24)20-13-7-5-12(6-8-13)15(19)25/h3-8H,1-2,9-11H2,(H2,19,25)(H,20,24). The molecule has 2 rings (SSSR count). The van der Waals surface area contributed by atoms with Crippen molar-refractivity contribution in [3.05, 3.63) is 86.6 Å². The van der Waals surface area contributed by atoms with Crippen LogP contribution in [0.3, 0.4) is 0 Å². The van der Waals surface area contributed by atoms with E-state index in [-0.39, 0.29) is 18.7 Å². The molecule has 0 aliphatic carbocycles. The second-order valence-corrected chi connectivity index (χ2v) is 5.72. The molecule has 2 amide bonds. The number of allylic oxidation sites excluding steroid dienone is 2. The molecule has 1 aromatic carbocycles. The predicted octanol–water partition coefficient (Wildman–Crippen LogP) is -0.719. The van der Waals surface area contributed by atoms with E-state index in [2.05, 4.69) is 18.5 Å². The fourth-order valence-electron chi connectivity index (χ4n) is 2.45. The second-order valence-electron chi connectivity index (χ2n) is 5.72. The van der Waals surface area contributed by atoms with Crippen molar-refractivity contribution >= 4 is 17.5 Å². The average Bonchev–Trinajstić information content (AvgIpc) is 2.66.